The Labute approximate surface area is 89.9 Å². The molecular weight excluding hydrogens is 214 g/mol. The van der Waals surface area contributed by atoms with Crippen LogP contribution in [0.25, 0.3) is 0 Å². The van der Waals surface area contributed by atoms with Gasteiger partial charge in [0.15, 0.2) is 0 Å². The van der Waals surface area contributed by atoms with Crippen molar-refractivity contribution >= 4 is 15.8 Å². The van der Waals surface area contributed by atoms with E-state index in [4.69, 9.17) is 10.3 Å². The molecule has 15 heavy (non-hydrogen) atoms. The van der Waals surface area contributed by atoms with Gasteiger partial charge in [-0.15, -0.1) is 0 Å². The van der Waals surface area contributed by atoms with Crippen molar-refractivity contribution in [2.45, 2.75) is 19.1 Å². The normalized spacial score (nSPS) is 14.1. The van der Waals surface area contributed by atoms with Crippen LogP contribution < -0.4 is 5.73 Å². The zero-order valence-corrected chi connectivity index (χ0v) is 9.53. The van der Waals surface area contributed by atoms with Crippen LogP contribution in [-0.4, -0.2) is 13.0 Å². The molecule has 3 N–H and O–H groups in total. The number of nitrogens with two attached hydrogens (primary N) is 1. The molecule has 0 heterocycles. The van der Waals surface area contributed by atoms with Gasteiger partial charge < -0.3 is 5.73 Å². The van der Waals surface area contributed by atoms with Crippen LogP contribution in [0.3, 0.4) is 0 Å². The van der Waals surface area contributed by atoms with E-state index in [0.29, 0.717) is 11.3 Å². The molecule has 0 amide bonds. The Morgan fingerprint density at radius 1 is 1.33 bits per heavy atom. The molecule has 0 bridgehead atoms. The van der Waals surface area contributed by atoms with E-state index >= 15 is 0 Å². The molecule has 0 aliphatic heterocycles. The molecule has 0 aromatic heterocycles. The quantitative estimate of drug-likeness (QED) is 0.612. The lowest BCUT2D eigenvalue weighted by Crippen LogP contribution is -2.17. The number of hydrogen-bond donors (Lipinski definition) is 2. The van der Waals surface area contributed by atoms with E-state index in [2.05, 4.69) is 0 Å². The van der Waals surface area contributed by atoms with E-state index < -0.39 is 15.4 Å². The molecule has 1 unspecified atom stereocenters. The second kappa shape index (κ2) is 4.20. The minimum atomic E-state index is -4.09. The average Bonchev–Trinajstić information content (AvgIpc) is 1.99. The van der Waals surface area contributed by atoms with Gasteiger partial charge in [-0.1, -0.05) is 26.0 Å². The summed E-state index contributed by atoms with van der Waals surface area (Å²) in [4.78, 5) is 0. The van der Waals surface area contributed by atoms with Gasteiger partial charge in [0, 0.05) is 5.69 Å². The van der Waals surface area contributed by atoms with Gasteiger partial charge in [-0.2, -0.15) is 8.42 Å². The summed E-state index contributed by atoms with van der Waals surface area (Å²) in [6.07, 6.45) is 0. The van der Waals surface area contributed by atoms with Crippen LogP contribution in [0.4, 0.5) is 5.69 Å². The maximum atomic E-state index is 11.2. The molecule has 0 fully saturated rings. The van der Waals surface area contributed by atoms with Gasteiger partial charge >= 0.3 is 0 Å². The van der Waals surface area contributed by atoms with Gasteiger partial charge in [-0.3, -0.25) is 4.55 Å². The minimum Gasteiger partial charge on any atom is -0.399 e. The highest BCUT2D eigenvalue weighted by Gasteiger charge is 2.28. The monoisotopic (exact) mass is 229 g/mol. The highest BCUT2D eigenvalue weighted by atomic mass is 32.2. The summed E-state index contributed by atoms with van der Waals surface area (Å²) < 4.78 is 31.5. The Hall–Kier alpha value is -1.07. The van der Waals surface area contributed by atoms with Crippen LogP contribution in [0.2, 0.25) is 0 Å². The van der Waals surface area contributed by atoms with E-state index in [1.54, 1.807) is 38.1 Å². The van der Waals surface area contributed by atoms with Gasteiger partial charge in [0.2, 0.25) is 0 Å². The second-order valence-corrected chi connectivity index (χ2v) is 5.39. The van der Waals surface area contributed by atoms with E-state index in [0.717, 1.165) is 0 Å². The van der Waals surface area contributed by atoms with Crippen molar-refractivity contribution in [2.75, 3.05) is 5.73 Å². The topological polar surface area (TPSA) is 80.4 Å². The third-order valence-corrected chi connectivity index (χ3v) is 3.62. The second-order valence-electron chi connectivity index (χ2n) is 3.85. The molecule has 1 rings (SSSR count). The minimum absolute atomic E-state index is 0.207. The summed E-state index contributed by atoms with van der Waals surface area (Å²) in [6.45, 7) is 3.48. The highest BCUT2D eigenvalue weighted by Crippen LogP contribution is 2.30. The largest absolute Gasteiger partial charge is 0.399 e. The number of hydrogen-bond acceptors (Lipinski definition) is 3. The predicted octanol–water partition coefficient (Wildman–Crippen LogP) is 1.85. The highest BCUT2D eigenvalue weighted by molar-refractivity contribution is 7.86. The molecule has 1 atom stereocenters. The molecular formula is C10H15NO3S. The van der Waals surface area contributed by atoms with Crippen LogP contribution >= 0.6 is 0 Å². The Bertz CT molecular complexity index is 440. The number of anilines is 1. The molecule has 5 heteroatoms. The first kappa shape index (κ1) is 12.0. The standard InChI is InChI=1S/C10H15NO3S/c1-7(2)10(15(12,13)14)8-4-3-5-9(11)6-8/h3-7,10H,11H2,1-2H3,(H,12,13,14). The number of rotatable bonds is 3. The van der Waals surface area contributed by atoms with E-state index in [1.807, 2.05) is 0 Å². The van der Waals surface area contributed by atoms with Crippen molar-refractivity contribution in [1.82, 2.24) is 0 Å². The molecule has 1 aromatic carbocycles. The van der Waals surface area contributed by atoms with Gasteiger partial charge in [0.25, 0.3) is 10.1 Å². The van der Waals surface area contributed by atoms with E-state index in [1.165, 1.54) is 0 Å². The predicted molar refractivity (Wildman–Crippen MR) is 60.0 cm³/mol. The lowest BCUT2D eigenvalue weighted by molar-refractivity contribution is 0.445. The van der Waals surface area contributed by atoms with Crippen LogP contribution in [0.15, 0.2) is 24.3 Å². The fourth-order valence-corrected chi connectivity index (χ4v) is 2.82. The van der Waals surface area contributed by atoms with Crippen LogP contribution in [0.1, 0.15) is 24.7 Å². The molecule has 0 radical (unpaired) electrons. The van der Waals surface area contributed by atoms with Crippen LogP contribution in [0.5, 0.6) is 0 Å². The summed E-state index contributed by atoms with van der Waals surface area (Å²) in [5, 5.41) is -0.916. The first-order chi connectivity index (χ1) is 6.82. The average molecular weight is 229 g/mol. The molecule has 0 aliphatic carbocycles. The Morgan fingerprint density at radius 3 is 2.33 bits per heavy atom. The zero-order valence-electron chi connectivity index (χ0n) is 8.71. The third-order valence-electron chi connectivity index (χ3n) is 2.17. The summed E-state index contributed by atoms with van der Waals surface area (Å²) >= 11 is 0. The summed E-state index contributed by atoms with van der Waals surface area (Å²) in [7, 11) is -4.09. The number of nitrogen functional groups attached to an aromatic ring is 1. The van der Waals surface area contributed by atoms with E-state index in [-0.39, 0.29) is 5.92 Å². The maximum absolute atomic E-state index is 11.2. The smallest absolute Gasteiger partial charge is 0.272 e. The van der Waals surface area contributed by atoms with Crippen LogP contribution in [0, 0.1) is 5.92 Å². The third kappa shape index (κ3) is 2.94. The summed E-state index contributed by atoms with van der Waals surface area (Å²) in [5.74, 6) is -0.207. The molecule has 1 aromatic rings. The fourth-order valence-electron chi connectivity index (χ4n) is 1.64. The SMILES string of the molecule is CC(C)C(c1cccc(N)c1)S(=O)(=O)O. The zero-order chi connectivity index (χ0) is 11.6. The van der Waals surface area contributed by atoms with Crippen molar-refractivity contribution in [3.05, 3.63) is 29.8 Å². The molecule has 0 saturated carbocycles. The number of benzene rings is 1. The summed E-state index contributed by atoms with van der Waals surface area (Å²) in [6, 6.07) is 6.56. The van der Waals surface area contributed by atoms with Gasteiger partial charge in [0.05, 0.1) is 0 Å². The van der Waals surface area contributed by atoms with Crippen molar-refractivity contribution in [1.29, 1.82) is 0 Å². The van der Waals surface area contributed by atoms with Gasteiger partial charge in [0.1, 0.15) is 5.25 Å². The van der Waals surface area contributed by atoms with Crippen molar-refractivity contribution in [3.8, 4) is 0 Å². The van der Waals surface area contributed by atoms with Crippen molar-refractivity contribution in [3.63, 3.8) is 0 Å². The van der Waals surface area contributed by atoms with Crippen molar-refractivity contribution < 1.29 is 13.0 Å². The lowest BCUT2D eigenvalue weighted by Gasteiger charge is -2.18. The Kier molecular flexibility index (Phi) is 3.36. The Balaban J connectivity index is 3.23. The van der Waals surface area contributed by atoms with Gasteiger partial charge in [-0.25, -0.2) is 0 Å². The van der Waals surface area contributed by atoms with E-state index in [9.17, 15) is 8.42 Å². The Morgan fingerprint density at radius 2 is 1.93 bits per heavy atom. The molecule has 0 spiro atoms. The fraction of sp³-hybridized carbons (Fsp3) is 0.400. The first-order valence-electron chi connectivity index (χ1n) is 4.64. The molecule has 0 saturated heterocycles. The first-order valence-corrected chi connectivity index (χ1v) is 6.14. The van der Waals surface area contributed by atoms with Crippen LogP contribution in [-0.2, 0) is 10.1 Å². The van der Waals surface area contributed by atoms with Crippen molar-refractivity contribution in [2.24, 2.45) is 5.92 Å². The molecule has 4 nitrogen and oxygen atoms in total. The molecule has 0 aliphatic rings. The maximum Gasteiger partial charge on any atom is 0.272 e. The molecule has 84 valence electrons. The van der Waals surface area contributed by atoms with Gasteiger partial charge in [-0.05, 0) is 23.6 Å². The summed E-state index contributed by atoms with van der Waals surface area (Å²) in [5.41, 5.74) is 6.57. The lowest BCUT2D eigenvalue weighted by atomic mass is 10.0.